The van der Waals surface area contributed by atoms with Gasteiger partial charge in [-0.15, -0.1) is 0 Å². The maximum absolute atomic E-state index is 14.3. The van der Waals surface area contributed by atoms with Gasteiger partial charge in [-0.05, 0) is 31.2 Å². The third-order valence-electron chi connectivity index (χ3n) is 5.17. The van der Waals surface area contributed by atoms with E-state index in [-0.39, 0.29) is 11.6 Å². The number of para-hydroxylation sites is 3. The molecule has 7 nitrogen and oxygen atoms in total. The Bertz CT molecular complexity index is 1010. The van der Waals surface area contributed by atoms with Gasteiger partial charge in [0, 0.05) is 26.2 Å². The minimum atomic E-state index is -3.87. The summed E-state index contributed by atoms with van der Waals surface area (Å²) in [6, 6.07) is 12.2. The van der Waals surface area contributed by atoms with Crippen molar-refractivity contribution in [3.8, 4) is 5.75 Å². The quantitative estimate of drug-likeness (QED) is 0.697. The van der Waals surface area contributed by atoms with Crippen molar-refractivity contribution in [2.24, 2.45) is 0 Å². The Kier molecular flexibility index (Phi) is 6.50. The molecular formula is C21H26FN3O4S. The van der Waals surface area contributed by atoms with Gasteiger partial charge in [0.2, 0.25) is 15.9 Å². The number of anilines is 2. The van der Waals surface area contributed by atoms with E-state index in [1.165, 1.54) is 25.1 Å². The number of carbonyl (C=O) groups excluding carboxylic acids is 1. The molecule has 0 radical (unpaired) electrons. The smallest absolute Gasteiger partial charge is 0.246 e. The largest absolute Gasteiger partial charge is 0.495 e. The monoisotopic (exact) mass is 435 g/mol. The van der Waals surface area contributed by atoms with Crippen LogP contribution in [0.5, 0.6) is 5.75 Å². The molecule has 0 saturated carbocycles. The molecule has 1 aliphatic heterocycles. The van der Waals surface area contributed by atoms with Gasteiger partial charge in [0.1, 0.15) is 17.6 Å². The molecule has 1 heterocycles. The highest BCUT2D eigenvalue weighted by Gasteiger charge is 2.34. The van der Waals surface area contributed by atoms with Gasteiger partial charge in [0.15, 0.2) is 0 Å². The van der Waals surface area contributed by atoms with Crippen LogP contribution in [0.1, 0.15) is 6.92 Å². The second-order valence-corrected chi connectivity index (χ2v) is 9.03. The zero-order chi connectivity index (χ0) is 21.9. The summed E-state index contributed by atoms with van der Waals surface area (Å²) < 4.78 is 45.3. The molecule has 1 amide bonds. The van der Waals surface area contributed by atoms with E-state index >= 15 is 0 Å². The van der Waals surface area contributed by atoms with Crippen LogP contribution in [0.2, 0.25) is 0 Å². The average Bonchev–Trinajstić information content (AvgIpc) is 2.74. The van der Waals surface area contributed by atoms with E-state index in [0.717, 1.165) is 22.0 Å². The molecule has 2 aromatic carbocycles. The number of sulfonamides is 1. The van der Waals surface area contributed by atoms with Crippen LogP contribution < -0.4 is 13.9 Å². The summed E-state index contributed by atoms with van der Waals surface area (Å²) in [6.07, 6.45) is 0.975. The Morgan fingerprint density at radius 3 is 2.27 bits per heavy atom. The van der Waals surface area contributed by atoms with Crippen LogP contribution in [-0.2, 0) is 14.8 Å². The Balaban J connectivity index is 1.75. The first kappa shape index (κ1) is 21.9. The molecule has 0 N–H and O–H groups in total. The molecule has 162 valence electrons. The highest BCUT2D eigenvalue weighted by atomic mass is 32.2. The van der Waals surface area contributed by atoms with Crippen molar-refractivity contribution >= 4 is 27.3 Å². The number of carbonyl (C=O) groups is 1. The molecule has 9 heteroatoms. The average molecular weight is 436 g/mol. The Labute approximate surface area is 176 Å². The van der Waals surface area contributed by atoms with E-state index in [0.29, 0.717) is 26.2 Å². The fourth-order valence-corrected chi connectivity index (χ4v) is 4.90. The van der Waals surface area contributed by atoms with Gasteiger partial charge in [-0.1, -0.05) is 24.3 Å². The van der Waals surface area contributed by atoms with Crippen molar-refractivity contribution in [1.82, 2.24) is 4.90 Å². The lowest BCUT2D eigenvalue weighted by Gasteiger charge is -2.39. The summed E-state index contributed by atoms with van der Waals surface area (Å²) in [7, 11) is -2.25. The van der Waals surface area contributed by atoms with E-state index in [9.17, 15) is 17.6 Å². The molecule has 1 fully saturated rings. The number of amides is 1. The van der Waals surface area contributed by atoms with E-state index in [4.69, 9.17) is 4.74 Å². The lowest BCUT2D eigenvalue weighted by molar-refractivity contribution is -0.132. The van der Waals surface area contributed by atoms with Crippen LogP contribution in [0, 0.1) is 5.82 Å². The Hall–Kier alpha value is -2.81. The molecule has 1 saturated heterocycles. The zero-order valence-electron chi connectivity index (χ0n) is 17.3. The molecule has 0 aromatic heterocycles. The van der Waals surface area contributed by atoms with E-state index in [1.807, 2.05) is 24.3 Å². The summed E-state index contributed by atoms with van der Waals surface area (Å²) >= 11 is 0. The first-order chi connectivity index (χ1) is 14.2. The predicted molar refractivity (Wildman–Crippen MR) is 115 cm³/mol. The lowest BCUT2D eigenvalue weighted by Crippen LogP contribution is -2.55. The lowest BCUT2D eigenvalue weighted by atomic mass is 10.2. The summed E-state index contributed by atoms with van der Waals surface area (Å²) in [5.41, 5.74) is 0.817. The Morgan fingerprint density at radius 2 is 1.67 bits per heavy atom. The molecule has 2 aromatic rings. The highest BCUT2D eigenvalue weighted by molar-refractivity contribution is 7.92. The number of nitrogens with zero attached hydrogens (tertiary/aromatic N) is 3. The number of rotatable bonds is 6. The van der Waals surface area contributed by atoms with Crippen LogP contribution in [0.25, 0.3) is 0 Å². The Morgan fingerprint density at radius 1 is 1.07 bits per heavy atom. The summed E-state index contributed by atoms with van der Waals surface area (Å²) in [5, 5.41) is 0. The van der Waals surface area contributed by atoms with Gasteiger partial charge in [0.05, 0.1) is 24.7 Å². The summed E-state index contributed by atoms with van der Waals surface area (Å²) in [4.78, 5) is 16.8. The fraction of sp³-hybridized carbons (Fsp3) is 0.381. The van der Waals surface area contributed by atoms with Crippen molar-refractivity contribution < 1.29 is 22.3 Å². The number of benzene rings is 2. The second kappa shape index (κ2) is 8.91. The highest BCUT2D eigenvalue weighted by Crippen LogP contribution is 2.29. The summed E-state index contributed by atoms with van der Waals surface area (Å²) in [6.45, 7) is 3.50. The van der Waals surface area contributed by atoms with Crippen molar-refractivity contribution in [2.45, 2.75) is 13.0 Å². The number of ether oxygens (including phenoxy) is 1. The number of hydrogen-bond acceptors (Lipinski definition) is 5. The van der Waals surface area contributed by atoms with Crippen molar-refractivity contribution in [1.29, 1.82) is 0 Å². The van der Waals surface area contributed by atoms with E-state index < -0.39 is 21.9 Å². The van der Waals surface area contributed by atoms with Crippen molar-refractivity contribution in [2.75, 3.05) is 48.7 Å². The molecule has 3 rings (SSSR count). The second-order valence-electron chi connectivity index (χ2n) is 7.17. The van der Waals surface area contributed by atoms with Gasteiger partial charge in [0.25, 0.3) is 0 Å². The normalized spacial score (nSPS) is 15.6. The van der Waals surface area contributed by atoms with Gasteiger partial charge in [-0.2, -0.15) is 0 Å². The first-order valence-electron chi connectivity index (χ1n) is 9.64. The number of piperazine rings is 1. The van der Waals surface area contributed by atoms with E-state index in [2.05, 4.69) is 4.90 Å². The van der Waals surface area contributed by atoms with Gasteiger partial charge < -0.3 is 14.5 Å². The van der Waals surface area contributed by atoms with Crippen LogP contribution in [0.3, 0.4) is 0 Å². The van der Waals surface area contributed by atoms with Gasteiger partial charge in [-0.3, -0.25) is 9.10 Å². The van der Waals surface area contributed by atoms with Gasteiger partial charge in [-0.25, -0.2) is 12.8 Å². The molecule has 1 atom stereocenters. The predicted octanol–water partition coefficient (Wildman–Crippen LogP) is 2.34. The minimum Gasteiger partial charge on any atom is -0.495 e. The minimum absolute atomic E-state index is 0.131. The first-order valence-corrected chi connectivity index (χ1v) is 11.5. The topological polar surface area (TPSA) is 70.2 Å². The SMILES string of the molecule is COc1ccccc1N1CCN(C(=O)C(C)N(c2ccccc2F)S(C)(=O)=O)CC1. The molecule has 0 spiro atoms. The molecule has 0 bridgehead atoms. The molecule has 1 unspecified atom stereocenters. The number of hydrogen-bond donors (Lipinski definition) is 0. The molecule has 30 heavy (non-hydrogen) atoms. The fourth-order valence-electron chi connectivity index (χ4n) is 3.73. The zero-order valence-corrected chi connectivity index (χ0v) is 18.1. The van der Waals surface area contributed by atoms with Crippen LogP contribution in [0.15, 0.2) is 48.5 Å². The number of methoxy groups -OCH3 is 1. The maximum Gasteiger partial charge on any atom is 0.246 e. The van der Waals surface area contributed by atoms with Gasteiger partial charge >= 0.3 is 0 Å². The van der Waals surface area contributed by atoms with Crippen LogP contribution >= 0.6 is 0 Å². The maximum atomic E-state index is 14.3. The molecule has 1 aliphatic rings. The van der Waals surface area contributed by atoms with Crippen LogP contribution in [-0.4, -0.2) is 64.8 Å². The molecule has 0 aliphatic carbocycles. The van der Waals surface area contributed by atoms with Crippen molar-refractivity contribution in [3.63, 3.8) is 0 Å². The van der Waals surface area contributed by atoms with Crippen LogP contribution in [0.4, 0.5) is 15.8 Å². The van der Waals surface area contributed by atoms with Crippen molar-refractivity contribution in [3.05, 3.63) is 54.3 Å². The molecular weight excluding hydrogens is 409 g/mol. The third-order valence-corrected chi connectivity index (χ3v) is 6.40. The number of halogens is 1. The summed E-state index contributed by atoms with van der Waals surface area (Å²) in [5.74, 6) is -0.291. The standard InChI is InChI=1S/C21H26FN3O4S/c1-16(25(30(3,27)28)18-9-5-4-8-17(18)22)21(26)24-14-12-23(13-15-24)19-10-6-7-11-20(19)29-2/h4-11,16H,12-15H2,1-3H3. The van der Waals surface area contributed by atoms with E-state index in [1.54, 1.807) is 18.1 Å². The third kappa shape index (κ3) is 4.51.